The standard InChI is InChI=1S/C18H15FN2O2/c19-15-6-2-1-5-14(15)16-7-8-17(23-16)18(22)21-11-9-13-4-3-10-20-12-13/h1-8,10,12H,9,11H2,(H,21,22). The molecule has 0 saturated heterocycles. The molecule has 23 heavy (non-hydrogen) atoms. The molecule has 116 valence electrons. The molecule has 0 radical (unpaired) electrons. The van der Waals surface area contributed by atoms with Crippen molar-refractivity contribution in [1.29, 1.82) is 0 Å². The molecule has 0 bridgehead atoms. The van der Waals surface area contributed by atoms with Crippen LogP contribution >= 0.6 is 0 Å². The number of hydrogen-bond donors (Lipinski definition) is 1. The Balaban J connectivity index is 1.62. The topological polar surface area (TPSA) is 55.1 Å². The van der Waals surface area contributed by atoms with Crippen molar-refractivity contribution in [1.82, 2.24) is 10.3 Å². The zero-order chi connectivity index (χ0) is 16.1. The highest BCUT2D eigenvalue weighted by molar-refractivity contribution is 5.92. The first-order valence-corrected chi connectivity index (χ1v) is 7.26. The second kappa shape index (κ2) is 6.87. The molecule has 2 heterocycles. The quantitative estimate of drug-likeness (QED) is 0.785. The first kappa shape index (κ1) is 15.0. The van der Waals surface area contributed by atoms with Gasteiger partial charge in [0, 0.05) is 18.9 Å². The first-order valence-electron chi connectivity index (χ1n) is 7.26. The summed E-state index contributed by atoms with van der Waals surface area (Å²) in [6.45, 7) is 0.472. The fraction of sp³-hybridized carbons (Fsp3) is 0.111. The van der Waals surface area contributed by atoms with Crippen LogP contribution in [-0.4, -0.2) is 17.4 Å². The molecule has 0 fully saturated rings. The van der Waals surface area contributed by atoms with Crippen molar-refractivity contribution in [3.05, 3.63) is 78.1 Å². The average molecular weight is 310 g/mol. The van der Waals surface area contributed by atoms with Crippen LogP contribution in [0.1, 0.15) is 16.1 Å². The second-order valence-electron chi connectivity index (χ2n) is 5.01. The summed E-state index contributed by atoms with van der Waals surface area (Å²) in [5.41, 5.74) is 1.38. The zero-order valence-corrected chi connectivity index (χ0v) is 12.3. The smallest absolute Gasteiger partial charge is 0.287 e. The number of carbonyl (C=O) groups excluding carboxylic acids is 1. The fourth-order valence-corrected chi connectivity index (χ4v) is 2.22. The van der Waals surface area contributed by atoms with Crippen molar-refractivity contribution >= 4 is 5.91 Å². The third kappa shape index (κ3) is 3.63. The molecule has 0 spiro atoms. The number of rotatable bonds is 5. The molecule has 1 amide bonds. The lowest BCUT2D eigenvalue weighted by Gasteiger charge is -2.03. The Labute approximate surface area is 133 Å². The number of aromatic nitrogens is 1. The number of hydrogen-bond acceptors (Lipinski definition) is 3. The van der Waals surface area contributed by atoms with Gasteiger partial charge in [-0.25, -0.2) is 4.39 Å². The van der Waals surface area contributed by atoms with E-state index in [-0.39, 0.29) is 17.5 Å². The van der Waals surface area contributed by atoms with Crippen molar-refractivity contribution < 1.29 is 13.6 Å². The highest BCUT2D eigenvalue weighted by atomic mass is 19.1. The molecule has 2 aromatic heterocycles. The van der Waals surface area contributed by atoms with Gasteiger partial charge >= 0.3 is 0 Å². The summed E-state index contributed by atoms with van der Waals surface area (Å²) >= 11 is 0. The van der Waals surface area contributed by atoms with E-state index in [4.69, 9.17) is 4.42 Å². The van der Waals surface area contributed by atoms with Crippen LogP contribution in [0.4, 0.5) is 4.39 Å². The van der Waals surface area contributed by atoms with Crippen molar-refractivity contribution in [2.75, 3.05) is 6.54 Å². The van der Waals surface area contributed by atoms with E-state index in [9.17, 15) is 9.18 Å². The number of pyridine rings is 1. The van der Waals surface area contributed by atoms with Gasteiger partial charge in [-0.05, 0) is 42.3 Å². The number of benzene rings is 1. The monoisotopic (exact) mass is 310 g/mol. The molecule has 0 aliphatic rings. The maximum absolute atomic E-state index is 13.7. The van der Waals surface area contributed by atoms with E-state index in [1.165, 1.54) is 6.07 Å². The predicted octanol–water partition coefficient (Wildman–Crippen LogP) is 3.45. The lowest BCUT2D eigenvalue weighted by atomic mass is 10.1. The van der Waals surface area contributed by atoms with Crippen molar-refractivity contribution in [2.24, 2.45) is 0 Å². The summed E-state index contributed by atoms with van der Waals surface area (Å²) < 4.78 is 19.2. The number of halogens is 1. The van der Waals surface area contributed by atoms with Gasteiger partial charge in [0.05, 0.1) is 5.56 Å². The lowest BCUT2D eigenvalue weighted by Crippen LogP contribution is -2.25. The van der Waals surface area contributed by atoms with Crippen LogP contribution in [0, 0.1) is 5.82 Å². The molecule has 3 rings (SSSR count). The molecule has 4 nitrogen and oxygen atoms in total. The van der Waals surface area contributed by atoms with Crippen LogP contribution in [0.2, 0.25) is 0 Å². The third-order valence-electron chi connectivity index (χ3n) is 3.39. The van der Waals surface area contributed by atoms with Gasteiger partial charge in [0.25, 0.3) is 5.91 Å². The molecule has 5 heteroatoms. The molecular weight excluding hydrogens is 295 g/mol. The summed E-state index contributed by atoms with van der Waals surface area (Å²) in [6.07, 6.45) is 4.14. The minimum absolute atomic E-state index is 0.162. The molecule has 0 aliphatic carbocycles. The minimum atomic E-state index is -0.384. The van der Waals surface area contributed by atoms with Crippen molar-refractivity contribution in [2.45, 2.75) is 6.42 Å². The number of carbonyl (C=O) groups is 1. The van der Waals surface area contributed by atoms with Crippen molar-refractivity contribution in [3.8, 4) is 11.3 Å². The second-order valence-corrected chi connectivity index (χ2v) is 5.01. The molecular formula is C18H15FN2O2. The minimum Gasteiger partial charge on any atom is -0.451 e. The summed E-state index contributed by atoms with van der Waals surface area (Å²) in [5, 5.41) is 2.77. The summed E-state index contributed by atoms with van der Waals surface area (Å²) in [5.74, 6) is -0.211. The largest absolute Gasteiger partial charge is 0.451 e. The Hall–Kier alpha value is -2.95. The van der Waals surface area contributed by atoms with Gasteiger partial charge in [-0.3, -0.25) is 9.78 Å². The van der Waals surface area contributed by atoms with Gasteiger partial charge in [0.2, 0.25) is 0 Å². The predicted molar refractivity (Wildman–Crippen MR) is 84.4 cm³/mol. The number of nitrogens with zero attached hydrogens (tertiary/aromatic N) is 1. The number of amides is 1. The Bertz CT molecular complexity index is 800. The molecule has 0 unspecified atom stereocenters. The molecule has 0 saturated carbocycles. The van der Waals surface area contributed by atoms with Crippen LogP contribution in [0.5, 0.6) is 0 Å². The molecule has 1 N–H and O–H groups in total. The SMILES string of the molecule is O=C(NCCc1cccnc1)c1ccc(-c2ccccc2F)o1. The Morgan fingerprint density at radius 3 is 2.78 bits per heavy atom. The first-order chi connectivity index (χ1) is 11.2. The van der Waals surface area contributed by atoms with Gasteiger partial charge in [0.1, 0.15) is 11.6 Å². The highest BCUT2D eigenvalue weighted by Crippen LogP contribution is 2.24. The van der Waals surface area contributed by atoms with Crippen LogP contribution < -0.4 is 5.32 Å². The van der Waals surface area contributed by atoms with E-state index in [2.05, 4.69) is 10.3 Å². The van der Waals surface area contributed by atoms with Gasteiger partial charge < -0.3 is 9.73 Å². The summed E-state index contributed by atoms with van der Waals surface area (Å²) in [6, 6.07) is 13.2. The molecule has 1 aromatic carbocycles. The highest BCUT2D eigenvalue weighted by Gasteiger charge is 2.13. The number of nitrogens with one attached hydrogen (secondary N) is 1. The summed E-state index contributed by atoms with van der Waals surface area (Å²) in [4.78, 5) is 16.1. The molecule has 3 aromatic rings. The average Bonchev–Trinajstić information content (AvgIpc) is 3.06. The van der Waals surface area contributed by atoms with Gasteiger partial charge in [-0.15, -0.1) is 0 Å². The number of furan rings is 1. The normalized spacial score (nSPS) is 10.5. The summed E-state index contributed by atoms with van der Waals surface area (Å²) in [7, 11) is 0. The van der Waals surface area contributed by atoms with E-state index in [0.29, 0.717) is 24.3 Å². The Morgan fingerprint density at radius 2 is 2.00 bits per heavy atom. The third-order valence-corrected chi connectivity index (χ3v) is 3.39. The Morgan fingerprint density at radius 1 is 1.13 bits per heavy atom. The Kier molecular flexibility index (Phi) is 4.47. The van der Waals surface area contributed by atoms with E-state index in [0.717, 1.165) is 5.56 Å². The fourth-order valence-electron chi connectivity index (χ4n) is 2.22. The van der Waals surface area contributed by atoms with E-state index < -0.39 is 0 Å². The van der Waals surface area contributed by atoms with Crippen LogP contribution in [0.25, 0.3) is 11.3 Å². The molecule has 0 aliphatic heterocycles. The van der Waals surface area contributed by atoms with Crippen molar-refractivity contribution in [3.63, 3.8) is 0 Å². The zero-order valence-electron chi connectivity index (χ0n) is 12.3. The lowest BCUT2D eigenvalue weighted by molar-refractivity contribution is 0.0927. The van der Waals surface area contributed by atoms with Crippen LogP contribution in [0.3, 0.4) is 0 Å². The van der Waals surface area contributed by atoms with Crippen LogP contribution in [-0.2, 0) is 6.42 Å². The van der Waals surface area contributed by atoms with E-state index >= 15 is 0 Å². The van der Waals surface area contributed by atoms with E-state index in [1.54, 1.807) is 42.7 Å². The van der Waals surface area contributed by atoms with Gasteiger partial charge in [0.15, 0.2) is 5.76 Å². The van der Waals surface area contributed by atoms with E-state index in [1.807, 2.05) is 12.1 Å². The maximum Gasteiger partial charge on any atom is 0.287 e. The molecule has 0 atom stereocenters. The maximum atomic E-state index is 13.7. The van der Waals surface area contributed by atoms with Gasteiger partial charge in [-0.2, -0.15) is 0 Å². The van der Waals surface area contributed by atoms with Crippen LogP contribution in [0.15, 0.2) is 65.3 Å². The van der Waals surface area contributed by atoms with Gasteiger partial charge in [-0.1, -0.05) is 18.2 Å².